The van der Waals surface area contributed by atoms with Crippen LogP contribution in [0.25, 0.3) is 48.6 Å². The van der Waals surface area contributed by atoms with Crippen LogP contribution in [0.2, 0.25) is 0 Å². The van der Waals surface area contributed by atoms with Gasteiger partial charge in [0.2, 0.25) is 0 Å². The molecule has 12 heterocycles. The molecule has 0 atom stereocenters. The zero-order valence-corrected chi connectivity index (χ0v) is 58.4. The first-order valence-corrected chi connectivity index (χ1v) is 45.1. The number of rotatable bonds is 12. The van der Waals surface area contributed by atoms with Crippen molar-refractivity contribution in [1.82, 2.24) is 11.2 Å². The monoisotopic (exact) mass is 1360 g/mol. The third-order valence-electron chi connectivity index (χ3n) is 18.9. The van der Waals surface area contributed by atoms with E-state index in [0.717, 1.165) is 176 Å². The van der Waals surface area contributed by atoms with Crippen molar-refractivity contribution in [2.75, 3.05) is 0 Å². The molecule has 12 bridgehead atoms. The second-order valence-corrected chi connectivity index (χ2v) is 41.9. The molecule has 12 rings (SSSR count). The van der Waals surface area contributed by atoms with E-state index in [-0.39, 0.29) is 0 Å². The number of aromatic nitrogens is 4. The molecule has 0 saturated carbocycles. The maximum absolute atomic E-state index is 17.7. The summed E-state index contributed by atoms with van der Waals surface area (Å²) in [6.07, 6.45) is 27.3. The van der Waals surface area contributed by atoms with Gasteiger partial charge in [0.1, 0.15) is 0 Å². The van der Waals surface area contributed by atoms with Crippen LogP contribution in [-0.4, -0.2) is 70.7 Å². The van der Waals surface area contributed by atoms with Crippen LogP contribution in [0.4, 0.5) is 5.73 Å². The van der Waals surface area contributed by atoms with Gasteiger partial charge in [-0.1, -0.05) is 0 Å². The van der Waals surface area contributed by atoms with Crippen LogP contribution in [0.5, 0.6) is 0 Å². The standard InChI is InChI=1S/C36H44N4.C32H36N4.2ClH.2FH.2Sn/c1-9-21-22(10-2)30-18-32-25(13-5)26(14-6)34(39-32)20-36-28(16-8)27(15-7)35(40-36)19-33-24(12-4)23(11-3)31(38-33)17-29(21)37-30;1-9-21-17(5)25-14-30-23(11-3)19(7)27(35-30)16-32-24(12-4)20(8)28(36-32)15-31-22(10-2)18(6)26(34-31)13-29(21)33-25;;;;;;/h17-20H,9-16H2,1-8H3;13-16H,9-12H2,1-8H3;4*1H;;/q2*-2;;;;;2*+4/p-4. The molecule has 8 aliphatic rings. The quantitative estimate of drug-likeness (QED) is 0.127. The molecule has 0 spiro atoms. The van der Waals surface area contributed by atoms with Crippen LogP contribution in [0, 0.1) is 13.8 Å². The summed E-state index contributed by atoms with van der Waals surface area (Å²) in [5, 5.41) is 3.48. The summed E-state index contributed by atoms with van der Waals surface area (Å²) >= 11 is -10.9. The van der Waals surface area contributed by atoms with Crippen molar-refractivity contribution in [3.05, 3.63) is 156 Å². The molecule has 4 aromatic rings. The van der Waals surface area contributed by atoms with Gasteiger partial charge in [-0.3, -0.25) is 0 Å². The molecule has 14 heteroatoms. The van der Waals surface area contributed by atoms with Gasteiger partial charge in [-0.25, -0.2) is 0 Å². The van der Waals surface area contributed by atoms with Gasteiger partial charge >= 0.3 is 507 Å². The van der Waals surface area contributed by atoms with Crippen molar-refractivity contribution in [3.8, 4) is 0 Å². The van der Waals surface area contributed by atoms with E-state index in [2.05, 4.69) is 127 Å². The second kappa shape index (κ2) is 22.3. The molecule has 8 nitrogen and oxygen atoms in total. The number of allylic oxidation sites excluding steroid dienone is 8. The van der Waals surface area contributed by atoms with Crippen molar-refractivity contribution in [2.45, 2.75) is 188 Å². The van der Waals surface area contributed by atoms with E-state index >= 15 is 5.73 Å². The molecule has 428 valence electrons. The van der Waals surface area contributed by atoms with Gasteiger partial charge in [0.05, 0.1) is 0 Å². The van der Waals surface area contributed by atoms with Crippen molar-refractivity contribution < 1.29 is 5.73 Å². The zero-order chi connectivity index (χ0) is 58.8. The molecule has 0 saturated heterocycles. The molecule has 0 N–H and O–H groups in total. The fourth-order valence-electron chi connectivity index (χ4n) is 15.0. The number of fused-ring (bicyclic) bond motifs is 4. The average molecular weight is 1360 g/mol. The van der Waals surface area contributed by atoms with Gasteiger partial charge in [-0.05, 0) is 0 Å². The molecule has 0 amide bonds. The first kappa shape index (κ1) is 59.0. The normalized spacial score (nSPS) is 18.6. The summed E-state index contributed by atoms with van der Waals surface area (Å²) < 4.78 is 43.1. The van der Waals surface area contributed by atoms with Gasteiger partial charge in [0, 0.05) is 0 Å². The van der Waals surface area contributed by atoms with Crippen LogP contribution in [0.3, 0.4) is 0 Å². The van der Waals surface area contributed by atoms with Crippen molar-refractivity contribution in [2.24, 2.45) is 20.0 Å². The number of hydrogen-bond donors (Lipinski definition) is 0. The number of aliphatic imine (C=N–C) groups is 4. The molecular formula is C68H80Cl2F2N8Sn2. The Morgan fingerprint density at radius 3 is 1.18 bits per heavy atom. The predicted molar refractivity (Wildman–Crippen MR) is 350 cm³/mol. The Labute approximate surface area is 502 Å². The van der Waals surface area contributed by atoms with Gasteiger partial charge in [-0.2, -0.15) is 0 Å². The van der Waals surface area contributed by atoms with Crippen molar-refractivity contribution in [3.63, 3.8) is 0 Å². The van der Waals surface area contributed by atoms with E-state index in [1.807, 2.05) is 38.2 Å². The maximum atomic E-state index is 17.7. The Morgan fingerprint density at radius 1 is 0.329 bits per heavy atom. The van der Waals surface area contributed by atoms with Crippen LogP contribution < -0.4 is 21.4 Å². The molecule has 0 fully saturated rings. The summed E-state index contributed by atoms with van der Waals surface area (Å²) in [5.41, 5.74) is 29.8. The Hall–Kier alpha value is -4.76. The van der Waals surface area contributed by atoms with Crippen molar-refractivity contribution in [1.29, 1.82) is 0 Å². The Bertz CT molecular complexity index is 4080. The second-order valence-electron chi connectivity index (χ2n) is 22.6. The molecule has 0 aromatic carbocycles. The summed E-state index contributed by atoms with van der Waals surface area (Å²) in [4.78, 5) is 20.8. The van der Waals surface area contributed by atoms with Crippen LogP contribution in [0.1, 0.15) is 203 Å². The minimum absolute atomic E-state index is 0.599. The number of nitrogens with zero attached hydrogens (tertiary/aromatic N) is 8. The van der Waals surface area contributed by atoms with E-state index in [9.17, 15) is 0 Å². The molecule has 8 aliphatic heterocycles. The molecule has 0 unspecified atom stereocenters. The van der Waals surface area contributed by atoms with E-state index in [4.69, 9.17) is 37.8 Å². The summed E-state index contributed by atoms with van der Waals surface area (Å²) in [6.45, 7) is 34.6. The molecular weight excluding hydrogens is 1280 g/mol. The van der Waals surface area contributed by atoms with E-state index < -0.39 is 36.7 Å². The molecule has 82 heavy (non-hydrogen) atoms. The van der Waals surface area contributed by atoms with E-state index in [1.165, 1.54) is 50.1 Å². The minimum atomic E-state index is -6.40. The summed E-state index contributed by atoms with van der Waals surface area (Å²) in [6, 6.07) is 0. The van der Waals surface area contributed by atoms with Gasteiger partial charge in [0.25, 0.3) is 0 Å². The predicted octanol–water partition coefficient (Wildman–Crippen LogP) is 14.7. The van der Waals surface area contributed by atoms with Crippen molar-refractivity contribution >= 4 is 126 Å². The third-order valence-corrected chi connectivity index (χ3v) is 35.1. The fraction of sp³-hybridized carbons (Fsp3) is 0.412. The van der Waals surface area contributed by atoms with Crippen LogP contribution >= 0.6 is 17.8 Å². The zero-order valence-electron chi connectivity index (χ0n) is 51.2. The first-order valence-electron chi connectivity index (χ1n) is 30.6. The molecule has 0 radical (unpaired) electrons. The van der Waals surface area contributed by atoms with Crippen LogP contribution in [0.15, 0.2) is 87.3 Å². The number of hydrogen-bond acceptors (Lipinski definition) is 4. The van der Waals surface area contributed by atoms with Gasteiger partial charge < -0.3 is 0 Å². The Balaban J connectivity index is 0.000000173. The number of halogens is 4. The Morgan fingerprint density at radius 2 is 0.707 bits per heavy atom. The van der Waals surface area contributed by atoms with Crippen LogP contribution in [-0.2, 0) is 38.5 Å². The van der Waals surface area contributed by atoms with Gasteiger partial charge in [0.15, 0.2) is 0 Å². The molecule has 0 aliphatic carbocycles. The van der Waals surface area contributed by atoms with E-state index in [1.54, 1.807) is 0 Å². The fourth-order valence-corrected chi connectivity index (χ4v) is 32.4. The van der Waals surface area contributed by atoms with Gasteiger partial charge in [-0.15, -0.1) is 0 Å². The summed E-state index contributed by atoms with van der Waals surface area (Å²) in [5.74, 6) is 0. The Kier molecular flexibility index (Phi) is 16.0. The average Bonchev–Trinajstić information content (AvgIpc) is 3.92. The summed E-state index contributed by atoms with van der Waals surface area (Å²) in [7, 11) is 16.2. The SMILES string of the molecule is CCC1=C(C)C2=NC1=Cc1c(C)c(CC)c3[n]1[Sn]([F])([F])[n]1c(c(C)c(CC)c1=C2)=CC1=NC(=C3)C(C)=C1CC.CCC1=C(CC)C2=NC1=Cc1c(CC)c(CC)c3[n]1[Sn]([Cl])([Cl])[n]1c(c(CC)c(CC)c1=CC1=NC(=C3)C(CC)=C1CC)=C2. The van der Waals surface area contributed by atoms with E-state index in [0.29, 0.717) is 34.9 Å². The molecule has 4 aromatic heterocycles. The first-order chi connectivity index (χ1) is 39.3. The third kappa shape index (κ3) is 8.63. The topological polar surface area (TPSA) is 69.2 Å².